The summed E-state index contributed by atoms with van der Waals surface area (Å²) in [5, 5.41) is 0. The van der Waals surface area contributed by atoms with Gasteiger partial charge < -0.3 is 5.73 Å². The fourth-order valence-corrected chi connectivity index (χ4v) is 2.66. The average Bonchev–Trinajstić information content (AvgIpc) is 2.92. The van der Waals surface area contributed by atoms with E-state index in [0.29, 0.717) is 0 Å². The fraction of sp³-hybridized carbons (Fsp3) is 0.692. The van der Waals surface area contributed by atoms with Crippen molar-refractivity contribution in [3.63, 3.8) is 0 Å². The van der Waals surface area contributed by atoms with E-state index >= 15 is 0 Å². The third-order valence-corrected chi connectivity index (χ3v) is 4.12. The number of nitrogens with zero attached hydrogens (tertiary/aromatic N) is 3. The smallest absolute Gasteiger partial charge is 0.0772 e. The van der Waals surface area contributed by atoms with E-state index in [0.717, 1.165) is 25.2 Å². The van der Waals surface area contributed by atoms with E-state index in [-0.39, 0.29) is 11.6 Å². The number of nitrogens with two attached hydrogens (primary N) is 1. The monoisotopic (exact) mass is 234 g/mol. The van der Waals surface area contributed by atoms with Gasteiger partial charge in [-0.05, 0) is 39.3 Å². The van der Waals surface area contributed by atoms with Crippen molar-refractivity contribution in [1.29, 1.82) is 0 Å². The SMILES string of the molecule is CCC(C)(C(N)c1cnccn1)N1CCCC1. The van der Waals surface area contributed by atoms with Gasteiger partial charge in [0.05, 0.1) is 17.9 Å². The van der Waals surface area contributed by atoms with E-state index in [1.807, 2.05) is 0 Å². The zero-order chi connectivity index (χ0) is 12.3. The van der Waals surface area contributed by atoms with E-state index in [1.165, 1.54) is 12.8 Å². The predicted molar refractivity (Wildman–Crippen MR) is 68.5 cm³/mol. The standard InChI is InChI=1S/C13H22N4/c1-3-13(2,17-8-4-5-9-17)12(14)11-10-15-6-7-16-11/h6-7,10,12H,3-5,8-9,14H2,1-2H3. The van der Waals surface area contributed by atoms with Crippen LogP contribution in [0.1, 0.15) is 44.8 Å². The first-order valence-electron chi connectivity index (χ1n) is 6.45. The van der Waals surface area contributed by atoms with Crippen molar-refractivity contribution in [1.82, 2.24) is 14.9 Å². The Morgan fingerprint density at radius 3 is 2.65 bits per heavy atom. The minimum atomic E-state index is -0.0701. The predicted octanol–water partition coefficient (Wildman–Crippen LogP) is 1.74. The average molecular weight is 234 g/mol. The third-order valence-electron chi connectivity index (χ3n) is 4.12. The van der Waals surface area contributed by atoms with Crippen molar-refractivity contribution in [3.05, 3.63) is 24.3 Å². The Hall–Kier alpha value is -1.00. The lowest BCUT2D eigenvalue weighted by atomic mass is 9.86. The van der Waals surface area contributed by atoms with Gasteiger partial charge in [-0.1, -0.05) is 6.92 Å². The number of hydrogen-bond acceptors (Lipinski definition) is 4. The molecule has 1 aromatic heterocycles. The lowest BCUT2D eigenvalue weighted by Gasteiger charge is -2.42. The highest BCUT2D eigenvalue weighted by Gasteiger charge is 2.38. The quantitative estimate of drug-likeness (QED) is 0.862. The van der Waals surface area contributed by atoms with Crippen LogP contribution in [0.25, 0.3) is 0 Å². The molecule has 4 heteroatoms. The van der Waals surface area contributed by atoms with Gasteiger partial charge in [0.25, 0.3) is 0 Å². The van der Waals surface area contributed by atoms with E-state index < -0.39 is 0 Å². The molecule has 1 aliphatic heterocycles. The van der Waals surface area contributed by atoms with Gasteiger partial charge in [0.1, 0.15) is 0 Å². The van der Waals surface area contributed by atoms with Gasteiger partial charge in [-0.2, -0.15) is 0 Å². The molecular weight excluding hydrogens is 212 g/mol. The number of rotatable bonds is 4. The molecule has 0 saturated carbocycles. The Labute approximate surface area is 103 Å². The molecule has 0 spiro atoms. The van der Waals surface area contributed by atoms with Crippen molar-refractivity contribution in [2.75, 3.05) is 13.1 Å². The maximum atomic E-state index is 6.42. The maximum absolute atomic E-state index is 6.42. The molecule has 2 rings (SSSR count). The molecule has 1 fully saturated rings. The molecule has 2 heterocycles. The van der Waals surface area contributed by atoms with Gasteiger partial charge in [0.15, 0.2) is 0 Å². The Kier molecular flexibility index (Phi) is 3.74. The summed E-state index contributed by atoms with van der Waals surface area (Å²) in [6.45, 7) is 6.75. The van der Waals surface area contributed by atoms with Crippen molar-refractivity contribution in [2.24, 2.45) is 5.73 Å². The molecular formula is C13H22N4. The van der Waals surface area contributed by atoms with Crippen LogP contribution >= 0.6 is 0 Å². The summed E-state index contributed by atoms with van der Waals surface area (Å²) in [5.41, 5.74) is 7.30. The molecule has 0 amide bonds. The van der Waals surface area contributed by atoms with E-state index in [1.54, 1.807) is 18.6 Å². The van der Waals surface area contributed by atoms with Crippen LogP contribution in [-0.2, 0) is 0 Å². The maximum Gasteiger partial charge on any atom is 0.0772 e. The normalized spacial score (nSPS) is 22.3. The molecule has 1 aliphatic rings. The highest BCUT2D eigenvalue weighted by atomic mass is 15.2. The van der Waals surface area contributed by atoms with Crippen LogP contribution in [0.4, 0.5) is 0 Å². The minimum absolute atomic E-state index is 0.00741. The summed E-state index contributed by atoms with van der Waals surface area (Å²) in [5.74, 6) is 0. The summed E-state index contributed by atoms with van der Waals surface area (Å²) in [7, 11) is 0. The molecule has 4 nitrogen and oxygen atoms in total. The van der Waals surface area contributed by atoms with Crippen LogP contribution in [0, 0.1) is 0 Å². The topological polar surface area (TPSA) is 55.0 Å². The zero-order valence-corrected chi connectivity index (χ0v) is 10.8. The van der Waals surface area contributed by atoms with E-state index in [4.69, 9.17) is 5.73 Å². The van der Waals surface area contributed by atoms with Gasteiger partial charge in [-0.25, -0.2) is 0 Å². The molecule has 1 saturated heterocycles. The first-order chi connectivity index (χ1) is 8.18. The molecule has 0 aromatic carbocycles. The van der Waals surface area contributed by atoms with E-state index in [2.05, 4.69) is 28.7 Å². The Morgan fingerprint density at radius 2 is 2.12 bits per heavy atom. The van der Waals surface area contributed by atoms with Crippen LogP contribution in [0.2, 0.25) is 0 Å². The first kappa shape index (κ1) is 12.5. The van der Waals surface area contributed by atoms with E-state index in [9.17, 15) is 0 Å². The van der Waals surface area contributed by atoms with Crippen molar-refractivity contribution < 1.29 is 0 Å². The highest BCUT2D eigenvalue weighted by molar-refractivity contribution is 5.11. The fourth-order valence-electron chi connectivity index (χ4n) is 2.66. The summed E-state index contributed by atoms with van der Waals surface area (Å²) >= 11 is 0. The molecule has 94 valence electrons. The largest absolute Gasteiger partial charge is 0.321 e. The van der Waals surface area contributed by atoms with Crippen LogP contribution in [0.15, 0.2) is 18.6 Å². The summed E-state index contributed by atoms with van der Waals surface area (Å²) in [4.78, 5) is 11.0. The van der Waals surface area contributed by atoms with Crippen LogP contribution in [0.3, 0.4) is 0 Å². The number of hydrogen-bond donors (Lipinski definition) is 1. The Bertz CT molecular complexity index is 348. The van der Waals surface area contributed by atoms with Gasteiger partial charge in [-0.15, -0.1) is 0 Å². The molecule has 0 bridgehead atoms. The van der Waals surface area contributed by atoms with Crippen molar-refractivity contribution in [3.8, 4) is 0 Å². The molecule has 17 heavy (non-hydrogen) atoms. The Morgan fingerprint density at radius 1 is 1.41 bits per heavy atom. The van der Waals surface area contributed by atoms with Gasteiger partial charge >= 0.3 is 0 Å². The molecule has 0 aliphatic carbocycles. The van der Waals surface area contributed by atoms with Gasteiger partial charge in [-0.3, -0.25) is 14.9 Å². The summed E-state index contributed by atoms with van der Waals surface area (Å²) in [6.07, 6.45) is 8.79. The lowest BCUT2D eigenvalue weighted by molar-refractivity contribution is 0.0983. The lowest BCUT2D eigenvalue weighted by Crippen LogP contribution is -2.52. The van der Waals surface area contributed by atoms with Crippen LogP contribution < -0.4 is 5.73 Å². The van der Waals surface area contributed by atoms with Crippen LogP contribution in [0.5, 0.6) is 0 Å². The Balaban J connectivity index is 2.22. The molecule has 2 atom stereocenters. The van der Waals surface area contributed by atoms with Gasteiger partial charge in [0, 0.05) is 17.9 Å². The second-order valence-corrected chi connectivity index (χ2v) is 5.01. The van der Waals surface area contributed by atoms with Crippen molar-refractivity contribution >= 4 is 0 Å². The molecule has 2 N–H and O–H groups in total. The van der Waals surface area contributed by atoms with Crippen molar-refractivity contribution in [2.45, 2.75) is 44.7 Å². The minimum Gasteiger partial charge on any atom is -0.321 e. The number of likely N-dealkylation sites (tertiary alicyclic amines) is 1. The second kappa shape index (κ2) is 5.10. The van der Waals surface area contributed by atoms with Crippen LogP contribution in [-0.4, -0.2) is 33.5 Å². The second-order valence-electron chi connectivity index (χ2n) is 5.01. The summed E-state index contributed by atoms with van der Waals surface area (Å²) < 4.78 is 0. The molecule has 1 aromatic rings. The molecule has 0 radical (unpaired) electrons. The molecule has 2 unspecified atom stereocenters. The summed E-state index contributed by atoms with van der Waals surface area (Å²) in [6, 6.07) is -0.0701. The zero-order valence-electron chi connectivity index (χ0n) is 10.8. The number of aromatic nitrogens is 2. The third kappa shape index (κ3) is 2.33. The highest BCUT2D eigenvalue weighted by Crippen LogP contribution is 2.33. The van der Waals surface area contributed by atoms with Gasteiger partial charge in [0.2, 0.25) is 0 Å². The first-order valence-corrected chi connectivity index (χ1v) is 6.45.